The number of thioether (sulfide) groups is 1. The van der Waals surface area contributed by atoms with E-state index in [4.69, 9.17) is 19.6 Å². The molecule has 0 aliphatic heterocycles. The second-order valence-corrected chi connectivity index (χ2v) is 7.32. The lowest BCUT2D eigenvalue weighted by atomic mass is 10.2. The van der Waals surface area contributed by atoms with Crippen molar-refractivity contribution < 1.29 is 24.2 Å². The maximum atomic E-state index is 10.7. The van der Waals surface area contributed by atoms with Crippen LogP contribution in [0.25, 0.3) is 0 Å². The molecule has 0 amide bonds. The number of hydrogen-bond acceptors (Lipinski definition) is 4. The Morgan fingerprint density at radius 3 is 2.53 bits per heavy atom. The molecule has 108 valence electrons. The highest BCUT2D eigenvalue weighted by atomic mass is 32.2. The fraction of sp³-hybridized carbons (Fsp3) is 0.500. The van der Waals surface area contributed by atoms with Gasteiger partial charge in [0.15, 0.2) is 0 Å². The Bertz CT molecular complexity index is 394. The standard InChI is InChI=1S/C12H19O5PS/c13-6-12(9-19-10-18(14,15)16)8-17-7-11-4-2-1-3-5-11/h1-5,12-13H,6-10H2,(H2,14,15,16). The second-order valence-electron chi connectivity index (χ2n) is 4.21. The van der Waals surface area contributed by atoms with Crippen LogP contribution in [0.2, 0.25) is 0 Å². The Labute approximate surface area is 117 Å². The predicted molar refractivity (Wildman–Crippen MR) is 76.0 cm³/mol. The number of aliphatic hydroxyl groups excluding tert-OH is 1. The van der Waals surface area contributed by atoms with Crippen molar-refractivity contribution in [3.8, 4) is 0 Å². The van der Waals surface area contributed by atoms with Crippen LogP contribution in [0.4, 0.5) is 0 Å². The maximum Gasteiger partial charge on any atom is 0.335 e. The van der Waals surface area contributed by atoms with Crippen molar-refractivity contribution in [3.05, 3.63) is 35.9 Å². The molecule has 19 heavy (non-hydrogen) atoms. The Morgan fingerprint density at radius 2 is 1.95 bits per heavy atom. The lowest BCUT2D eigenvalue weighted by Crippen LogP contribution is -2.16. The quantitative estimate of drug-likeness (QED) is 0.602. The average Bonchev–Trinajstić information content (AvgIpc) is 2.37. The molecule has 0 spiro atoms. The van der Waals surface area contributed by atoms with Crippen molar-refractivity contribution in [2.45, 2.75) is 6.61 Å². The zero-order valence-electron chi connectivity index (χ0n) is 10.5. The molecule has 0 heterocycles. The third-order valence-electron chi connectivity index (χ3n) is 2.34. The van der Waals surface area contributed by atoms with Gasteiger partial charge in [0, 0.05) is 18.3 Å². The molecule has 0 aliphatic rings. The summed E-state index contributed by atoms with van der Waals surface area (Å²) in [5.74, 6) is 0.358. The van der Waals surface area contributed by atoms with Gasteiger partial charge in [-0.05, 0) is 5.56 Å². The molecule has 0 aliphatic carbocycles. The zero-order chi connectivity index (χ0) is 14.1. The van der Waals surface area contributed by atoms with Crippen molar-refractivity contribution in [2.75, 3.05) is 24.5 Å². The number of benzene rings is 1. The highest BCUT2D eigenvalue weighted by Crippen LogP contribution is 2.38. The molecule has 1 aromatic carbocycles. The van der Waals surface area contributed by atoms with Crippen molar-refractivity contribution in [1.29, 1.82) is 0 Å². The summed E-state index contributed by atoms with van der Waals surface area (Å²) < 4.78 is 16.2. The zero-order valence-corrected chi connectivity index (χ0v) is 12.2. The minimum Gasteiger partial charge on any atom is -0.396 e. The number of ether oxygens (including phenoxy) is 1. The molecule has 0 radical (unpaired) electrons. The Morgan fingerprint density at radius 1 is 1.26 bits per heavy atom. The normalized spacial score (nSPS) is 13.4. The van der Waals surface area contributed by atoms with Crippen LogP contribution in [0, 0.1) is 5.92 Å². The van der Waals surface area contributed by atoms with E-state index in [-0.39, 0.29) is 18.0 Å². The lowest BCUT2D eigenvalue weighted by molar-refractivity contribution is 0.0713. The van der Waals surface area contributed by atoms with E-state index < -0.39 is 7.60 Å². The van der Waals surface area contributed by atoms with Gasteiger partial charge < -0.3 is 19.6 Å². The van der Waals surface area contributed by atoms with Gasteiger partial charge in [-0.15, -0.1) is 11.8 Å². The van der Waals surface area contributed by atoms with Crippen LogP contribution in [0.15, 0.2) is 30.3 Å². The van der Waals surface area contributed by atoms with Gasteiger partial charge >= 0.3 is 7.60 Å². The van der Waals surface area contributed by atoms with E-state index in [1.54, 1.807) is 0 Å². The minimum absolute atomic E-state index is 0.0526. The molecule has 0 fully saturated rings. The first-order valence-corrected chi connectivity index (χ1v) is 8.81. The summed E-state index contributed by atoms with van der Waals surface area (Å²) in [4.78, 5) is 17.4. The Balaban J connectivity index is 2.20. The van der Waals surface area contributed by atoms with Crippen LogP contribution in [0.3, 0.4) is 0 Å². The summed E-state index contributed by atoms with van der Waals surface area (Å²) in [6, 6.07) is 9.70. The Hall–Kier alpha value is -0.360. The van der Waals surface area contributed by atoms with Gasteiger partial charge in [-0.3, -0.25) is 4.57 Å². The molecule has 1 rings (SSSR count). The van der Waals surface area contributed by atoms with Crippen LogP contribution in [0.5, 0.6) is 0 Å². The third-order valence-corrected chi connectivity index (χ3v) is 5.12. The number of rotatable bonds is 9. The molecular formula is C12H19O5PS. The topological polar surface area (TPSA) is 87.0 Å². The average molecular weight is 306 g/mol. The summed E-state index contributed by atoms with van der Waals surface area (Å²) >= 11 is 1.14. The molecular weight excluding hydrogens is 287 g/mol. The minimum atomic E-state index is -3.97. The van der Waals surface area contributed by atoms with Gasteiger partial charge in [-0.2, -0.15) is 0 Å². The first-order valence-electron chi connectivity index (χ1n) is 5.86. The number of hydrogen-bond donors (Lipinski definition) is 3. The molecule has 0 saturated carbocycles. The summed E-state index contributed by atoms with van der Waals surface area (Å²) in [5, 5.41) is 9.17. The van der Waals surface area contributed by atoms with E-state index in [0.717, 1.165) is 17.3 Å². The highest BCUT2D eigenvalue weighted by Gasteiger charge is 2.15. The maximum absolute atomic E-state index is 10.7. The van der Waals surface area contributed by atoms with E-state index in [0.29, 0.717) is 19.0 Å². The Kier molecular flexibility index (Phi) is 7.68. The highest BCUT2D eigenvalue weighted by molar-refractivity contribution is 8.04. The molecule has 0 aromatic heterocycles. The largest absolute Gasteiger partial charge is 0.396 e. The van der Waals surface area contributed by atoms with E-state index in [1.807, 2.05) is 30.3 Å². The molecule has 5 nitrogen and oxygen atoms in total. The van der Waals surface area contributed by atoms with E-state index in [1.165, 1.54) is 0 Å². The van der Waals surface area contributed by atoms with Crippen molar-refractivity contribution in [3.63, 3.8) is 0 Å². The second kappa shape index (κ2) is 8.74. The van der Waals surface area contributed by atoms with Crippen LogP contribution in [-0.2, 0) is 15.9 Å². The van der Waals surface area contributed by atoms with Crippen LogP contribution >= 0.6 is 19.4 Å². The van der Waals surface area contributed by atoms with Gasteiger partial charge in [0.25, 0.3) is 0 Å². The van der Waals surface area contributed by atoms with Gasteiger partial charge in [-0.25, -0.2) is 0 Å². The van der Waals surface area contributed by atoms with Gasteiger partial charge in [0.2, 0.25) is 0 Å². The fourth-order valence-electron chi connectivity index (χ4n) is 1.41. The molecule has 0 bridgehead atoms. The van der Waals surface area contributed by atoms with Gasteiger partial charge in [0.05, 0.1) is 18.7 Å². The third kappa shape index (κ3) is 8.42. The van der Waals surface area contributed by atoms with Crippen molar-refractivity contribution in [2.24, 2.45) is 5.92 Å². The monoisotopic (exact) mass is 306 g/mol. The summed E-state index contributed by atoms with van der Waals surface area (Å²) in [5.41, 5.74) is 0.837. The first-order chi connectivity index (χ1) is 9.01. The van der Waals surface area contributed by atoms with Crippen molar-refractivity contribution >= 4 is 19.4 Å². The predicted octanol–water partition coefficient (Wildman–Crippen LogP) is 1.68. The molecule has 1 aromatic rings. The van der Waals surface area contributed by atoms with Crippen molar-refractivity contribution in [1.82, 2.24) is 0 Å². The lowest BCUT2D eigenvalue weighted by Gasteiger charge is -2.14. The molecule has 1 unspecified atom stereocenters. The SMILES string of the molecule is O=P(O)(O)CSCC(CO)COCc1ccccc1. The molecule has 1 atom stereocenters. The first kappa shape index (κ1) is 16.7. The van der Waals surface area contributed by atoms with E-state index in [2.05, 4.69) is 0 Å². The van der Waals surface area contributed by atoms with Crippen LogP contribution < -0.4 is 0 Å². The van der Waals surface area contributed by atoms with Gasteiger partial charge in [-0.1, -0.05) is 30.3 Å². The molecule has 7 heteroatoms. The summed E-state index contributed by atoms with van der Waals surface area (Å²) in [7, 11) is -3.97. The summed E-state index contributed by atoms with van der Waals surface area (Å²) in [6.45, 7) is 0.795. The number of aliphatic hydroxyl groups is 1. The van der Waals surface area contributed by atoms with Gasteiger partial charge in [0.1, 0.15) is 0 Å². The summed E-state index contributed by atoms with van der Waals surface area (Å²) in [6.07, 6.45) is 0. The van der Waals surface area contributed by atoms with E-state index >= 15 is 0 Å². The fourth-order valence-corrected chi connectivity index (χ4v) is 3.32. The molecule has 3 N–H and O–H groups in total. The van der Waals surface area contributed by atoms with Crippen LogP contribution in [0.1, 0.15) is 5.56 Å². The van der Waals surface area contributed by atoms with Crippen LogP contribution in [-0.4, -0.2) is 39.4 Å². The van der Waals surface area contributed by atoms with E-state index in [9.17, 15) is 4.57 Å². The molecule has 0 saturated heterocycles. The smallest absolute Gasteiger partial charge is 0.335 e.